The zero-order chi connectivity index (χ0) is 19.5. The summed E-state index contributed by atoms with van der Waals surface area (Å²) in [6.45, 7) is 2.93. The Hall–Kier alpha value is -2.49. The van der Waals surface area contributed by atoms with E-state index in [0.29, 0.717) is 18.3 Å². The lowest BCUT2D eigenvalue weighted by Gasteiger charge is -2.28. The third-order valence-electron chi connectivity index (χ3n) is 6.13. The molecule has 148 valence electrons. The zero-order valence-electron chi connectivity index (χ0n) is 16.7. The van der Waals surface area contributed by atoms with Gasteiger partial charge in [-0.05, 0) is 73.3 Å². The van der Waals surface area contributed by atoms with Crippen molar-refractivity contribution in [2.75, 3.05) is 19.0 Å². The third-order valence-corrected chi connectivity index (χ3v) is 6.13. The number of benzene rings is 2. The van der Waals surface area contributed by atoms with Crippen molar-refractivity contribution >= 4 is 11.7 Å². The van der Waals surface area contributed by atoms with E-state index in [1.54, 1.807) is 0 Å². The average Bonchev–Trinajstić information content (AvgIpc) is 2.74. The molecule has 1 saturated carbocycles. The molecule has 28 heavy (non-hydrogen) atoms. The van der Waals surface area contributed by atoms with Gasteiger partial charge in [0.2, 0.25) is 0 Å². The van der Waals surface area contributed by atoms with Crippen LogP contribution in [0.25, 0.3) is 11.1 Å². The molecule has 1 heterocycles. The number of carbonyl (C=O) groups is 1. The molecule has 0 bridgehead atoms. The lowest BCUT2D eigenvalue weighted by atomic mass is 9.77. The van der Waals surface area contributed by atoms with Crippen molar-refractivity contribution in [2.24, 2.45) is 5.92 Å². The van der Waals surface area contributed by atoms with Crippen LogP contribution in [0.3, 0.4) is 0 Å². The Morgan fingerprint density at radius 1 is 1.07 bits per heavy atom. The second-order valence-electron chi connectivity index (χ2n) is 8.14. The Kier molecular flexibility index (Phi) is 5.56. The lowest BCUT2D eigenvalue weighted by Crippen LogP contribution is -2.27. The fourth-order valence-electron chi connectivity index (χ4n) is 4.42. The van der Waals surface area contributed by atoms with Crippen molar-refractivity contribution < 1.29 is 14.3 Å². The van der Waals surface area contributed by atoms with E-state index in [9.17, 15) is 4.79 Å². The van der Waals surface area contributed by atoms with Gasteiger partial charge in [-0.1, -0.05) is 30.3 Å². The van der Waals surface area contributed by atoms with Crippen molar-refractivity contribution in [3.63, 3.8) is 0 Å². The Morgan fingerprint density at radius 3 is 2.50 bits per heavy atom. The smallest absolute Gasteiger partial charge is 0.305 e. The van der Waals surface area contributed by atoms with E-state index in [0.717, 1.165) is 43.7 Å². The highest BCUT2D eigenvalue weighted by molar-refractivity contribution is 5.72. The van der Waals surface area contributed by atoms with Crippen molar-refractivity contribution in [3.8, 4) is 16.9 Å². The Balaban J connectivity index is 1.41. The van der Waals surface area contributed by atoms with Gasteiger partial charge in [0, 0.05) is 6.42 Å². The highest BCUT2D eigenvalue weighted by Gasteiger charge is 2.24. The molecule has 2 aliphatic rings. The van der Waals surface area contributed by atoms with Crippen molar-refractivity contribution in [1.29, 1.82) is 0 Å². The van der Waals surface area contributed by atoms with E-state index in [2.05, 4.69) is 54.7 Å². The summed E-state index contributed by atoms with van der Waals surface area (Å²) in [5.74, 6) is 1.94. The first-order valence-corrected chi connectivity index (χ1v) is 10.3. The maximum atomic E-state index is 11.5. The first kappa shape index (κ1) is 18.9. The van der Waals surface area contributed by atoms with Crippen LogP contribution in [-0.4, -0.2) is 25.7 Å². The number of ether oxygens (including phenoxy) is 2. The molecule has 0 saturated heterocycles. The number of hydrogen-bond acceptors (Lipinski definition) is 4. The van der Waals surface area contributed by atoms with E-state index in [1.165, 1.54) is 23.8 Å². The molecule has 1 atom stereocenters. The molecule has 4 rings (SSSR count). The number of methoxy groups -OCH3 is 1. The van der Waals surface area contributed by atoms with Crippen LogP contribution in [0.15, 0.2) is 42.5 Å². The highest BCUT2D eigenvalue weighted by Crippen LogP contribution is 2.38. The van der Waals surface area contributed by atoms with Crippen LogP contribution in [0.4, 0.5) is 5.69 Å². The number of nitrogens with one attached hydrogen (secondary N) is 1. The van der Waals surface area contributed by atoms with E-state index >= 15 is 0 Å². The van der Waals surface area contributed by atoms with Gasteiger partial charge in [0.1, 0.15) is 11.9 Å². The number of esters is 1. The molecule has 1 fully saturated rings. The predicted octanol–water partition coefficient (Wildman–Crippen LogP) is 5.38. The topological polar surface area (TPSA) is 47.6 Å². The predicted molar refractivity (Wildman–Crippen MR) is 112 cm³/mol. The first-order chi connectivity index (χ1) is 13.6. The maximum absolute atomic E-state index is 11.5. The standard InChI is InChI=1S/C24H29NO3/c1-16-15-25-22-12-11-21(14-23(22)28-16)20-9-7-19(8-10-20)18-5-3-17(4-6-18)13-24(26)27-2/h7-12,14,16-18,25H,3-6,13,15H2,1-2H3. The fourth-order valence-corrected chi connectivity index (χ4v) is 4.42. The fraction of sp³-hybridized carbons (Fsp3) is 0.458. The molecule has 4 nitrogen and oxygen atoms in total. The molecule has 0 radical (unpaired) electrons. The van der Waals surface area contributed by atoms with Crippen LogP contribution >= 0.6 is 0 Å². The first-order valence-electron chi connectivity index (χ1n) is 10.3. The van der Waals surface area contributed by atoms with Gasteiger partial charge in [0.25, 0.3) is 0 Å². The minimum Gasteiger partial charge on any atom is -0.487 e. The second-order valence-corrected chi connectivity index (χ2v) is 8.14. The van der Waals surface area contributed by atoms with Gasteiger partial charge in [-0.2, -0.15) is 0 Å². The van der Waals surface area contributed by atoms with Crippen LogP contribution in [-0.2, 0) is 9.53 Å². The molecule has 2 aromatic carbocycles. The van der Waals surface area contributed by atoms with Gasteiger partial charge in [0.05, 0.1) is 19.3 Å². The van der Waals surface area contributed by atoms with E-state index in [-0.39, 0.29) is 12.1 Å². The molecule has 1 unspecified atom stereocenters. The summed E-state index contributed by atoms with van der Waals surface area (Å²) >= 11 is 0. The van der Waals surface area contributed by atoms with E-state index in [1.807, 2.05) is 0 Å². The number of fused-ring (bicyclic) bond motifs is 1. The van der Waals surface area contributed by atoms with Crippen molar-refractivity contribution in [1.82, 2.24) is 0 Å². The van der Waals surface area contributed by atoms with Crippen LogP contribution < -0.4 is 10.1 Å². The van der Waals surface area contributed by atoms with Gasteiger partial charge in [-0.25, -0.2) is 0 Å². The van der Waals surface area contributed by atoms with Gasteiger partial charge in [-0.3, -0.25) is 4.79 Å². The van der Waals surface area contributed by atoms with Crippen LogP contribution in [0.5, 0.6) is 5.75 Å². The average molecular weight is 380 g/mol. The van der Waals surface area contributed by atoms with Crippen LogP contribution in [0.1, 0.15) is 50.5 Å². The van der Waals surface area contributed by atoms with E-state index in [4.69, 9.17) is 9.47 Å². The Morgan fingerprint density at radius 2 is 1.79 bits per heavy atom. The summed E-state index contributed by atoms with van der Waals surface area (Å²) in [6, 6.07) is 15.4. The minimum absolute atomic E-state index is 0.0774. The van der Waals surface area contributed by atoms with E-state index < -0.39 is 0 Å². The molecule has 1 aliphatic carbocycles. The molecular weight excluding hydrogens is 350 g/mol. The molecule has 2 aromatic rings. The molecule has 1 aliphatic heterocycles. The summed E-state index contributed by atoms with van der Waals surface area (Å²) in [6.07, 6.45) is 5.27. The molecular formula is C24H29NO3. The maximum Gasteiger partial charge on any atom is 0.305 e. The van der Waals surface area contributed by atoms with Gasteiger partial charge < -0.3 is 14.8 Å². The molecule has 4 heteroatoms. The molecule has 1 N–H and O–H groups in total. The lowest BCUT2D eigenvalue weighted by molar-refractivity contribution is -0.142. The summed E-state index contributed by atoms with van der Waals surface area (Å²) in [5.41, 5.74) is 4.88. The Bertz CT molecular complexity index is 822. The SMILES string of the molecule is COC(=O)CC1CCC(c2ccc(-c3ccc4c(c3)OC(C)CN4)cc2)CC1. The summed E-state index contributed by atoms with van der Waals surface area (Å²) < 4.78 is 10.8. The largest absolute Gasteiger partial charge is 0.487 e. The van der Waals surface area contributed by atoms with Crippen molar-refractivity contribution in [2.45, 2.75) is 51.0 Å². The van der Waals surface area contributed by atoms with Gasteiger partial charge in [0.15, 0.2) is 0 Å². The molecule has 0 amide bonds. The molecule has 0 spiro atoms. The van der Waals surface area contributed by atoms with Crippen molar-refractivity contribution in [3.05, 3.63) is 48.0 Å². The summed E-state index contributed by atoms with van der Waals surface area (Å²) in [4.78, 5) is 11.5. The normalized spacial score (nSPS) is 23.9. The number of hydrogen-bond donors (Lipinski definition) is 1. The number of anilines is 1. The monoisotopic (exact) mass is 379 g/mol. The summed E-state index contributed by atoms with van der Waals surface area (Å²) in [5, 5.41) is 3.41. The minimum atomic E-state index is -0.0774. The zero-order valence-corrected chi connectivity index (χ0v) is 16.7. The summed E-state index contributed by atoms with van der Waals surface area (Å²) in [7, 11) is 1.47. The molecule has 0 aromatic heterocycles. The second kappa shape index (κ2) is 8.26. The van der Waals surface area contributed by atoms with Crippen LogP contribution in [0, 0.1) is 5.92 Å². The quantitative estimate of drug-likeness (QED) is 0.724. The number of rotatable bonds is 4. The third kappa shape index (κ3) is 4.16. The van der Waals surface area contributed by atoms with Gasteiger partial charge in [-0.15, -0.1) is 0 Å². The Labute approximate surface area is 167 Å². The van der Waals surface area contributed by atoms with Gasteiger partial charge >= 0.3 is 5.97 Å². The highest BCUT2D eigenvalue weighted by atomic mass is 16.5. The number of carbonyl (C=O) groups excluding carboxylic acids is 1. The van der Waals surface area contributed by atoms with Crippen LogP contribution in [0.2, 0.25) is 0 Å².